The third-order valence-electron chi connectivity index (χ3n) is 3.93. The lowest BCUT2D eigenvalue weighted by atomic mass is 9.97. The smallest absolute Gasteiger partial charge is 0.165 e. The summed E-state index contributed by atoms with van der Waals surface area (Å²) >= 11 is 0. The van der Waals surface area contributed by atoms with Gasteiger partial charge in [0.15, 0.2) is 11.6 Å². The van der Waals surface area contributed by atoms with Crippen LogP contribution in [0.4, 0.5) is 4.39 Å². The molecule has 0 heterocycles. The zero-order chi connectivity index (χ0) is 15.5. The number of halogens is 1. The Labute approximate surface area is 125 Å². The highest BCUT2D eigenvalue weighted by molar-refractivity contribution is 7.91. The Morgan fingerprint density at radius 1 is 1.38 bits per heavy atom. The van der Waals surface area contributed by atoms with Crippen molar-refractivity contribution in [3.8, 4) is 5.75 Å². The molecule has 6 heteroatoms. The average Bonchev–Trinajstić information content (AvgIpc) is 2.42. The summed E-state index contributed by atoms with van der Waals surface area (Å²) in [6, 6.07) is 4.78. The van der Waals surface area contributed by atoms with Crippen molar-refractivity contribution in [1.82, 2.24) is 0 Å². The Morgan fingerprint density at radius 3 is 2.81 bits per heavy atom. The maximum absolute atomic E-state index is 14.0. The fourth-order valence-electron chi connectivity index (χ4n) is 2.80. The van der Waals surface area contributed by atoms with Crippen LogP contribution in [0.25, 0.3) is 0 Å². The van der Waals surface area contributed by atoms with Gasteiger partial charge in [-0.2, -0.15) is 0 Å². The molecule has 1 aromatic carbocycles. The molecule has 0 bridgehead atoms. The molecular formula is C15H22FNO3S. The van der Waals surface area contributed by atoms with E-state index >= 15 is 0 Å². The van der Waals surface area contributed by atoms with E-state index in [9.17, 15) is 12.8 Å². The lowest BCUT2D eigenvalue weighted by molar-refractivity contribution is 0.148. The van der Waals surface area contributed by atoms with Gasteiger partial charge in [-0.1, -0.05) is 12.1 Å². The molecule has 1 fully saturated rings. The van der Waals surface area contributed by atoms with Gasteiger partial charge in [0, 0.05) is 12.7 Å². The largest absolute Gasteiger partial charge is 0.487 e. The van der Waals surface area contributed by atoms with E-state index in [-0.39, 0.29) is 17.1 Å². The van der Waals surface area contributed by atoms with Crippen LogP contribution in [0.3, 0.4) is 0 Å². The van der Waals surface area contributed by atoms with Crippen molar-refractivity contribution in [3.05, 3.63) is 29.6 Å². The van der Waals surface area contributed by atoms with Gasteiger partial charge in [-0.3, -0.25) is 0 Å². The number of ether oxygens (including phenoxy) is 1. The summed E-state index contributed by atoms with van der Waals surface area (Å²) in [7, 11) is -3.08. The van der Waals surface area contributed by atoms with Crippen molar-refractivity contribution in [1.29, 1.82) is 0 Å². The van der Waals surface area contributed by atoms with Gasteiger partial charge in [0.1, 0.15) is 15.9 Å². The summed E-state index contributed by atoms with van der Waals surface area (Å²) in [5, 5.41) is -0.388. The number of para-hydroxylation sites is 1. The van der Waals surface area contributed by atoms with E-state index in [1.807, 2.05) is 0 Å². The Morgan fingerprint density at radius 2 is 2.14 bits per heavy atom. The Bertz CT molecular complexity index is 589. The van der Waals surface area contributed by atoms with Crippen LogP contribution in [0.5, 0.6) is 5.75 Å². The molecule has 1 aliphatic rings. The molecule has 0 aromatic heterocycles. The highest BCUT2D eigenvalue weighted by Crippen LogP contribution is 2.30. The monoisotopic (exact) mass is 315 g/mol. The van der Waals surface area contributed by atoms with Crippen LogP contribution in [0.2, 0.25) is 0 Å². The predicted molar refractivity (Wildman–Crippen MR) is 80.7 cm³/mol. The van der Waals surface area contributed by atoms with E-state index in [1.54, 1.807) is 12.1 Å². The summed E-state index contributed by atoms with van der Waals surface area (Å²) in [5.41, 5.74) is 6.27. The minimum absolute atomic E-state index is 0.224. The summed E-state index contributed by atoms with van der Waals surface area (Å²) in [5.74, 6) is -0.190. The molecule has 0 saturated heterocycles. The first-order chi connectivity index (χ1) is 9.91. The quantitative estimate of drug-likeness (QED) is 0.903. The zero-order valence-corrected chi connectivity index (χ0v) is 13.0. The van der Waals surface area contributed by atoms with Crippen LogP contribution in [0.15, 0.2) is 18.2 Å². The lowest BCUT2D eigenvalue weighted by Crippen LogP contribution is -2.33. The average molecular weight is 315 g/mol. The van der Waals surface area contributed by atoms with Gasteiger partial charge in [0.2, 0.25) is 0 Å². The molecule has 4 nitrogen and oxygen atoms in total. The second kappa shape index (κ2) is 6.75. The number of rotatable bonds is 5. The summed E-state index contributed by atoms with van der Waals surface area (Å²) in [6.07, 6.45) is 4.15. The molecule has 0 radical (unpaired) electrons. The molecule has 2 rings (SSSR count). The molecule has 1 aromatic rings. The third-order valence-corrected chi connectivity index (χ3v) is 5.57. The van der Waals surface area contributed by atoms with Crippen molar-refractivity contribution >= 4 is 9.84 Å². The summed E-state index contributed by atoms with van der Waals surface area (Å²) < 4.78 is 43.1. The number of hydrogen-bond acceptors (Lipinski definition) is 4. The standard InChI is InChI=1S/C15H22FNO3S/c1-21(18,19)13-6-3-5-12(10-13)20-15-11(8-9-17)4-2-7-14(15)16/h2,4,7,12-13H,3,5-6,8-10,17H2,1H3. The molecule has 0 aliphatic heterocycles. The van der Waals surface area contributed by atoms with E-state index in [4.69, 9.17) is 10.5 Å². The van der Waals surface area contributed by atoms with Crippen LogP contribution in [-0.2, 0) is 16.3 Å². The predicted octanol–water partition coefficient (Wildman–Crippen LogP) is 2.06. The van der Waals surface area contributed by atoms with Gasteiger partial charge >= 0.3 is 0 Å². The number of hydrogen-bond donors (Lipinski definition) is 1. The van der Waals surface area contributed by atoms with Gasteiger partial charge in [-0.05, 0) is 43.9 Å². The molecule has 21 heavy (non-hydrogen) atoms. The molecule has 2 atom stereocenters. The molecule has 0 amide bonds. The Hall–Kier alpha value is -1.14. The van der Waals surface area contributed by atoms with Crippen LogP contribution in [0, 0.1) is 5.82 Å². The highest BCUT2D eigenvalue weighted by Gasteiger charge is 2.30. The number of benzene rings is 1. The van der Waals surface area contributed by atoms with Crippen LogP contribution >= 0.6 is 0 Å². The maximum atomic E-state index is 14.0. The Kier molecular flexibility index (Phi) is 5.22. The maximum Gasteiger partial charge on any atom is 0.165 e. The first kappa shape index (κ1) is 16.2. The van der Waals surface area contributed by atoms with E-state index in [2.05, 4.69) is 0 Å². The topological polar surface area (TPSA) is 69.4 Å². The lowest BCUT2D eigenvalue weighted by Gasteiger charge is -2.29. The van der Waals surface area contributed by atoms with Crippen molar-refractivity contribution in [2.75, 3.05) is 12.8 Å². The van der Waals surface area contributed by atoms with Crippen LogP contribution in [-0.4, -0.2) is 32.6 Å². The molecule has 118 valence electrons. The second-order valence-corrected chi connectivity index (χ2v) is 7.95. The summed E-state index contributed by atoms with van der Waals surface area (Å²) in [4.78, 5) is 0. The molecule has 1 saturated carbocycles. The highest BCUT2D eigenvalue weighted by atomic mass is 32.2. The van der Waals surface area contributed by atoms with Crippen molar-refractivity contribution in [2.24, 2.45) is 5.73 Å². The van der Waals surface area contributed by atoms with E-state index < -0.39 is 15.7 Å². The van der Waals surface area contributed by atoms with Gasteiger partial charge in [0.05, 0.1) is 5.25 Å². The SMILES string of the molecule is CS(=O)(=O)C1CCCC(Oc2c(F)cccc2CCN)C1. The van der Waals surface area contributed by atoms with Crippen molar-refractivity contribution in [3.63, 3.8) is 0 Å². The van der Waals surface area contributed by atoms with E-state index in [0.29, 0.717) is 25.8 Å². The first-order valence-corrected chi connectivity index (χ1v) is 9.20. The van der Waals surface area contributed by atoms with Gasteiger partial charge in [0.25, 0.3) is 0 Å². The van der Waals surface area contributed by atoms with Crippen molar-refractivity contribution in [2.45, 2.75) is 43.5 Å². The van der Waals surface area contributed by atoms with Gasteiger partial charge < -0.3 is 10.5 Å². The third kappa shape index (κ3) is 4.17. The molecular weight excluding hydrogens is 293 g/mol. The Balaban J connectivity index is 2.14. The zero-order valence-electron chi connectivity index (χ0n) is 12.2. The fourth-order valence-corrected chi connectivity index (χ4v) is 3.96. The van der Waals surface area contributed by atoms with E-state index in [1.165, 1.54) is 12.3 Å². The minimum Gasteiger partial charge on any atom is -0.487 e. The first-order valence-electron chi connectivity index (χ1n) is 7.24. The second-order valence-electron chi connectivity index (χ2n) is 5.62. The molecule has 0 spiro atoms. The minimum atomic E-state index is -3.08. The summed E-state index contributed by atoms with van der Waals surface area (Å²) in [6.45, 7) is 0.413. The van der Waals surface area contributed by atoms with Crippen LogP contribution in [0.1, 0.15) is 31.2 Å². The number of sulfone groups is 1. The van der Waals surface area contributed by atoms with Gasteiger partial charge in [-0.25, -0.2) is 12.8 Å². The van der Waals surface area contributed by atoms with Crippen LogP contribution < -0.4 is 10.5 Å². The molecule has 2 unspecified atom stereocenters. The molecule has 1 aliphatic carbocycles. The molecule has 2 N–H and O–H groups in total. The normalized spacial score (nSPS) is 23.0. The van der Waals surface area contributed by atoms with E-state index in [0.717, 1.165) is 18.4 Å². The van der Waals surface area contributed by atoms with Gasteiger partial charge in [-0.15, -0.1) is 0 Å². The van der Waals surface area contributed by atoms with Crippen molar-refractivity contribution < 1.29 is 17.5 Å². The fraction of sp³-hybridized carbons (Fsp3) is 0.600. The number of nitrogens with two attached hydrogens (primary N) is 1.